The van der Waals surface area contributed by atoms with Crippen LogP contribution in [0.1, 0.15) is 12.5 Å². The topological polar surface area (TPSA) is 64.3 Å². The van der Waals surface area contributed by atoms with Crippen LogP contribution in [0.25, 0.3) is 22.3 Å². The number of hydrogen-bond donors (Lipinski definition) is 1. The third-order valence-electron chi connectivity index (χ3n) is 4.40. The molecule has 0 bridgehead atoms. The van der Waals surface area contributed by atoms with Crippen molar-refractivity contribution < 1.29 is 9.84 Å². The third kappa shape index (κ3) is 2.12. The Hall–Kier alpha value is -2.37. The Labute approximate surface area is 143 Å². The molecule has 1 unspecified atom stereocenters. The summed E-state index contributed by atoms with van der Waals surface area (Å²) >= 11 is 6.01. The molecule has 0 saturated heterocycles. The Morgan fingerprint density at radius 2 is 2.08 bits per heavy atom. The first-order valence-corrected chi connectivity index (χ1v) is 7.91. The summed E-state index contributed by atoms with van der Waals surface area (Å²) in [5, 5.41) is 11.7. The molecule has 0 fully saturated rings. The minimum Gasteiger partial charge on any atom is -0.497 e. The second-order valence-electron chi connectivity index (χ2n) is 6.15. The third-order valence-corrected chi connectivity index (χ3v) is 4.63. The van der Waals surface area contributed by atoms with Crippen LogP contribution >= 0.6 is 11.6 Å². The van der Waals surface area contributed by atoms with Crippen LogP contribution in [-0.2, 0) is 12.1 Å². The molecule has 0 aliphatic carbocycles. The summed E-state index contributed by atoms with van der Waals surface area (Å²) in [7, 11) is 1.59. The highest BCUT2D eigenvalue weighted by molar-refractivity contribution is 6.31. The second kappa shape index (κ2) is 5.06. The lowest BCUT2D eigenvalue weighted by Crippen LogP contribution is -2.44. The van der Waals surface area contributed by atoms with Gasteiger partial charge in [0.05, 0.1) is 18.0 Å². The highest BCUT2D eigenvalue weighted by Crippen LogP contribution is 2.37. The lowest BCUT2D eigenvalue weighted by molar-refractivity contribution is -0.0225. The summed E-state index contributed by atoms with van der Waals surface area (Å²) in [4.78, 5) is 17.6. The van der Waals surface area contributed by atoms with E-state index in [0.29, 0.717) is 33.9 Å². The Balaban J connectivity index is 2.14. The van der Waals surface area contributed by atoms with Gasteiger partial charge in [-0.1, -0.05) is 17.7 Å². The normalized spacial score (nSPS) is 19.0. The van der Waals surface area contributed by atoms with Crippen molar-refractivity contribution in [3.8, 4) is 17.1 Å². The summed E-state index contributed by atoms with van der Waals surface area (Å²) in [6, 6.07) is 10.6. The highest BCUT2D eigenvalue weighted by atomic mass is 35.5. The lowest BCUT2D eigenvalue weighted by atomic mass is 9.93. The summed E-state index contributed by atoms with van der Waals surface area (Å²) < 4.78 is 6.63. The van der Waals surface area contributed by atoms with Crippen LogP contribution in [0.2, 0.25) is 5.02 Å². The van der Waals surface area contributed by atoms with Gasteiger partial charge in [-0.15, -0.1) is 0 Å². The number of hydrogen-bond acceptors (Lipinski definition) is 4. The Kier molecular flexibility index (Phi) is 3.20. The quantitative estimate of drug-likeness (QED) is 0.738. The molecule has 1 N–H and O–H groups in total. The number of aliphatic hydroxyl groups is 1. The molecular weight excluding hydrogens is 328 g/mol. The predicted octanol–water partition coefficient (Wildman–Crippen LogP) is 2.95. The van der Waals surface area contributed by atoms with Crippen molar-refractivity contribution in [1.29, 1.82) is 0 Å². The van der Waals surface area contributed by atoms with Crippen LogP contribution in [0.5, 0.6) is 5.75 Å². The van der Waals surface area contributed by atoms with Gasteiger partial charge in [-0.05, 0) is 42.8 Å². The molecule has 24 heavy (non-hydrogen) atoms. The van der Waals surface area contributed by atoms with Crippen LogP contribution in [0.4, 0.5) is 0 Å². The van der Waals surface area contributed by atoms with Gasteiger partial charge in [-0.3, -0.25) is 9.36 Å². The average Bonchev–Trinajstić information content (AvgIpc) is 2.54. The van der Waals surface area contributed by atoms with Gasteiger partial charge >= 0.3 is 0 Å². The zero-order valence-corrected chi connectivity index (χ0v) is 14.0. The number of aromatic nitrogens is 2. The van der Waals surface area contributed by atoms with E-state index < -0.39 is 5.72 Å². The standard InChI is InChI=1S/C18H15ClN2O3/c1-18(23)9-10-3-5-12(24-2)8-13(10)16-20-15-6-4-11(19)7-14(15)17(22)21(16)18/h3-8,23H,9H2,1-2H3. The SMILES string of the molecule is COc1ccc2c(c1)-c1nc3ccc(Cl)cc3c(=O)n1C(C)(O)C2. The van der Waals surface area contributed by atoms with Crippen LogP contribution < -0.4 is 10.3 Å². The molecule has 0 saturated carbocycles. The molecular formula is C18H15ClN2O3. The molecule has 0 radical (unpaired) electrons. The van der Waals surface area contributed by atoms with Gasteiger partial charge in [0.1, 0.15) is 17.3 Å². The number of fused-ring (bicyclic) bond motifs is 4. The molecule has 1 aromatic heterocycles. The molecule has 1 aliphatic rings. The fourth-order valence-corrected chi connectivity index (χ4v) is 3.44. The van der Waals surface area contributed by atoms with Gasteiger partial charge in [0, 0.05) is 17.0 Å². The second-order valence-corrected chi connectivity index (χ2v) is 6.59. The van der Waals surface area contributed by atoms with Gasteiger partial charge in [-0.25, -0.2) is 4.98 Å². The minimum absolute atomic E-state index is 0.309. The van der Waals surface area contributed by atoms with E-state index in [9.17, 15) is 9.90 Å². The van der Waals surface area contributed by atoms with E-state index in [4.69, 9.17) is 16.3 Å². The lowest BCUT2D eigenvalue weighted by Gasteiger charge is -2.34. The number of nitrogens with zero attached hydrogens (tertiary/aromatic N) is 2. The number of benzene rings is 2. The van der Waals surface area contributed by atoms with Crippen molar-refractivity contribution in [2.24, 2.45) is 0 Å². The number of methoxy groups -OCH3 is 1. The molecule has 1 aliphatic heterocycles. The first-order valence-electron chi connectivity index (χ1n) is 7.53. The molecule has 0 spiro atoms. The van der Waals surface area contributed by atoms with Crippen molar-refractivity contribution >= 4 is 22.5 Å². The molecule has 2 aromatic carbocycles. The molecule has 2 heterocycles. The maximum Gasteiger partial charge on any atom is 0.264 e. The smallest absolute Gasteiger partial charge is 0.264 e. The van der Waals surface area contributed by atoms with E-state index in [2.05, 4.69) is 4.98 Å². The molecule has 1 atom stereocenters. The molecule has 122 valence electrons. The summed E-state index contributed by atoms with van der Waals surface area (Å²) in [5.41, 5.74) is 0.575. The maximum atomic E-state index is 13.0. The number of halogens is 1. The molecule has 4 rings (SSSR count). The van der Waals surface area contributed by atoms with Crippen molar-refractivity contribution in [3.63, 3.8) is 0 Å². The van der Waals surface area contributed by atoms with Gasteiger partial charge in [0.25, 0.3) is 5.56 Å². The van der Waals surface area contributed by atoms with Crippen molar-refractivity contribution in [2.45, 2.75) is 19.1 Å². The van der Waals surface area contributed by atoms with Crippen LogP contribution in [0, 0.1) is 0 Å². The first-order chi connectivity index (χ1) is 11.4. The summed E-state index contributed by atoms with van der Waals surface area (Å²) in [5.74, 6) is 1.10. The van der Waals surface area contributed by atoms with Gasteiger partial charge < -0.3 is 9.84 Å². The van der Waals surface area contributed by atoms with Crippen LogP contribution in [0.3, 0.4) is 0 Å². The van der Waals surface area contributed by atoms with Gasteiger partial charge in [0.15, 0.2) is 0 Å². The van der Waals surface area contributed by atoms with Crippen LogP contribution in [0.15, 0.2) is 41.2 Å². The fraction of sp³-hybridized carbons (Fsp3) is 0.222. The fourth-order valence-electron chi connectivity index (χ4n) is 3.27. The zero-order chi connectivity index (χ0) is 17.1. The van der Waals surface area contributed by atoms with E-state index in [1.807, 2.05) is 18.2 Å². The number of ether oxygens (including phenoxy) is 1. The molecule has 5 nitrogen and oxygen atoms in total. The Bertz CT molecular complexity index is 1040. The Morgan fingerprint density at radius 3 is 2.83 bits per heavy atom. The van der Waals surface area contributed by atoms with Gasteiger partial charge in [0.2, 0.25) is 0 Å². The monoisotopic (exact) mass is 342 g/mol. The predicted molar refractivity (Wildman–Crippen MR) is 92.6 cm³/mol. The summed E-state index contributed by atoms with van der Waals surface area (Å²) in [6.07, 6.45) is 0.312. The zero-order valence-electron chi connectivity index (χ0n) is 13.2. The van der Waals surface area contributed by atoms with Crippen molar-refractivity contribution in [3.05, 3.63) is 57.3 Å². The Morgan fingerprint density at radius 1 is 1.29 bits per heavy atom. The summed E-state index contributed by atoms with van der Waals surface area (Å²) in [6.45, 7) is 1.61. The van der Waals surface area contributed by atoms with Crippen molar-refractivity contribution in [2.75, 3.05) is 7.11 Å². The van der Waals surface area contributed by atoms with Gasteiger partial charge in [-0.2, -0.15) is 0 Å². The largest absolute Gasteiger partial charge is 0.497 e. The molecule has 3 aromatic rings. The van der Waals surface area contributed by atoms with E-state index in [1.165, 1.54) is 4.57 Å². The molecule has 0 amide bonds. The number of rotatable bonds is 1. The molecule has 6 heteroatoms. The average molecular weight is 343 g/mol. The maximum absolute atomic E-state index is 13.0. The van der Waals surface area contributed by atoms with E-state index in [0.717, 1.165) is 11.1 Å². The van der Waals surface area contributed by atoms with Crippen LogP contribution in [-0.4, -0.2) is 21.8 Å². The van der Waals surface area contributed by atoms with E-state index >= 15 is 0 Å². The van der Waals surface area contributed by atoms with E-state index in [1.54, 1.807) is 32.2 Å². The van der Waals surface area contributed by atoms with E-state index in [-0.39, 0.29) is 5.56 Å². The first kappa shape index (κ1) is 15.2. The van der Waals surface area contributed by atoms with Crippen molar-refractivity contribution in [1.82, 2.24) is 9.55 Å². The minimum atomic E-state index is -1.36. The highest BCUT2D eigenvalue weighted by Gasteiger charge is 2.35.